The quantitative estimate of drug-likeness (QED) is 0.831. The van der Waals surface area contributed by atoms with E-state index in [0.29, 0.717) is 30.9 Å². The number of aromatic nitrogens is 1. The average molecular weight is 331 g/mol. The van der Waals surface area contributed by atoms with Crippen LogP contribution in [0.2, 0.25) is 10.2 Å². The molecule has 1 fully saturated rings. The number of amides is 1. The van der Waals surface area contributed by atoms with Crippen LogP contribution >= 0.6 is 23.2 Å². The minimum absolute atomic E-state index is 0.167. The second-order valence-electron chi connectivity index (χ2n) is 5.26. The van der Waals surface area contributed by atoms with Crippen LogP contribution in [0.4, 0.5) is 0 Å². The smallest absolute Gasteiger partial charge is 0.306 e. The Kier molecular flexibility index (Phi) is 5.42. The number of carboxylic acid groups (broad SMARTS) is 1. The van der Waals surface area contributed by atoms with E-state index < -0.39 is 5.97 Å². The average Bonchev–Trinajstić information content (AvgIpc) is 2.48. The summed E-state index contributed by atoms with van der Waals surface area (Å²) in [6.07, 6.45) is 4.35. The summed E-state index contributed by atoms with van der Waals surface area (Å²) < 4.78 is 0. The van der Waals surface area contributed by atoms with E-state index in [-0.39, 0.29) is 22.0 Å². The largest absolute Gasteiger partial charge is 0.481 e. The van der Waals surface area contributed by atoms with Crippen LogP contribution in [0.15, 0.2) is 12.3 Å². The van der Waals surface area contributed by atoms with Gasteiger partial charge in [-0.15, -0.1) is 0 Å². The van der Waals surface area contributed by atoms with Gasteiger partial charge < -0.3 is 10.4 Å². The number of nitrogens with zero attached hydrogens (tertiary/aromatic N) is 1. The van der Waals surface area contributed by atoms with Crippen LogP contribution in [0.3, 0.4) is 0 Å². The number of carbonyl (C=O) groups excluding carboxylic acids is 1. The van der Waals surface area contributed by atoms with E-state index in [1.807, 2.05) is 0 Å². The number of rotatable bonds is 4. The summed E-state index contributed by atoms with van der Waals surface area (Å²) in [5.41, 5.74) is 0.364. The van der Waals surface area contributed by atoms with E-state index in [1.165, 1.54) is 12.3 Å². The van der Waals surface area contributed by atoms with Gasteiger partial charge >= 0.3 is 5.97 Å². The normalized spacial score (nSPS) is 21.8. The van der Waals surface area contributed by atoms with Crippen molar-refractivity contribution in [1.29, 1.82) is 0 Å². The summed E-state index contributed by atoms with van der Waals surface area (Å²) in [6, 6.07) is 1.48. The molecular weight excluding hydrogens is 315 g/mol. The van der Waals surface area contributed by atoms with Gasteiger partial charge in [-0.05, 0) is 37.7 Å². The highest BCUT2D eigenvalue weighted by atomic mass is 35.5. The van der Waals surface area contributed by atoms with Gasteiger partial charge in [0.15, 0.2) is 0 Å². The molecule has 0 unspecified atom stereocenters. The van der Waals surface area contributed by atoms with E-state index >= 15 is 0 Å². The molecule has 0 radical (unpaired) electrons. The Morgan fingerprint density at radius 3 is 2.52 bits per heavy atom. The molecule has 1 aliphatic carbocycles. The SMILES string of the molecule is O=C(NCC1CCC(C(=O)O)CC1)c1cnc(Cl)c(Cl)c1. The summed E-state index contributed by atoms with van der Waals surface area (Å²) >= 11 is 11.5. The second kappa shape index (κ2) is 7.09. The van der Waals surface area contributed by atoms with Crippen LogP contribution in [-0.2, 0) is 4.79 Å². The molecule has 1 aromatic rings. The van der Waals surface area contributed by atoms with Crippen molar-refractivity contribution in [3.63, 3.8) is 0 Å². The number of pyridine rings is 1. The van der Waals surface area contributed by atoms with Gasteiger partial charge in [0.2, 0.25) is 0 Å². The topological polar surface area (TPSA) is 79.3 Å². The van der Waals surface area contributed by atoms with E-state index in [0.717, 1.165) is 12.8 Å². The molecule has 2 N–H and O–H groups in total. The molecule has 1 saturated carbocycles. The molecule has 1 aliphatic rings. The van der Waals surface area contributed by atoms with Crippen LogP contribution in [0.5, 0.6) is 0 Å². The fraction of sp³-hybridized carbons (Fsp3) is 0.500. The van der Waals surface area contributed by atoms with Crippen molar-refractivity contribution in [3.8, 4) is 0 Å². The Bertz CT molecular complexity index is 543. The Balaban J connectivity index is 1.82. The van der Waals surface area contributed by atoms with E-state index in [2.05, 4.69) is 10.3 Å². The van der Waals surface area contributed by atoms with Crippen molar-refractivity contribution in [1.82, 2.24) is 10.3 Å². The van der Waals surface area contributed by atoms with Crippen molar-refractivity contribution in [2.24, 2.45) is 11.8 Å². The van der Waals surface area contributed by atoms with Crippen LogP contribution in [-0.4, -0.2) is 28.5 Å². The lowest BCUT2D eigenvalue weighted by atomic mass is 9.82. The van der Waals surface area contributed by atoms with Crippen LogP contribution in [0, 0.1) is 11.8 Å². The number of aliphatic carboxylic acids is 1. The van der Waals surface area contributed by atoms with E-state index in [9.17, 15) is 9.59 Å². The molecular formula is C14H16Cl2N2O3. The summed E-state index contributed by atoms with van der Waals surface area (Å²) in [7, 11) is 0. The molecule has 5 nitrogen and oxygen atoms in total. The third-order valence-electron chi connectivity index (χ3n) is 3.81. The van der Waals surface area contributed by atoms with Gasteiger partial charge in [-0.1, -0.05) is 23.2 Å². The first kappa shape index (κ1) is 16.0. The first-order valence-electron chi connectivity index (χ1n) is 6.79. The molecule has 0 bridgehead atoms. The van der Waals surface area contributed by atoms with Gasteiger partial charge in [0.1, 0.15) is 5.15 Å². The molecule has 7 heteroatoms. The van der Waals surface area contributed by atoms with Gasteiger partial charge in [0.25, 0.3) is 5.91 Å². The maximum absolute atomic E-state index is 12.0. The lowest BCUT2D eigenvalue weighted by Crippen LogP contribution is -2.32. The van der Waals surface area contributed by atoms with Gasteiger partial charge in [-0.25, -0.2) is 4.98 Å². The zero-order chi connectivity index (χ0) is 15.4. The third-order valence-corrected chi connectivity index (χ3v) is 4.49. The number of carbonyl (C=O) groups is 2. The highest BCUT2D eigenvalue weighted by Crippen LogP contribution is 2.28. The summed E-state index contributed by atoms with van der Waals surface area (Å²) in [5.74, 6) is -0.891. The maximum Gasteiger partial charge on any atom is 0.306 e. The number of halogens is 2. The highest BCUT2D eigenvalue weighted by molar-refractivity contribution is 6.41. The highest BCUT2D eigenvalue weighted by Gasteiger charge is 2.26. The predicted molar refractivity (Wildman–Crippen MR) is 79.7 cm³/mol. The summed E-state index contributed by atoms with van der Waals surface area (Å²) in [6.45, 7) is 0.533. The van der Waals surface area contributed by atoms with E-state index in [1.54, 1.807) is 0 Å². The molecule has 1 heterocycles. The predicted octanol–water partition coefficient (Wildman–Crippen LogP) is 3.01. The van der Waals surface area contributed by atoms with Crippen molar-refractivity contribution >= 4 is 35.1 Å². The number of nitrogens with one attached hydrogen (secondary N) is 1. The van der Waals surface area contributed by atoms with Gasteiger partial charge in [-0.3, -0.25) is 9.59 Å². The summed E-state index contributed by atoms with van der Waals surface area (Å²) in [4.78, 5) is 26.7. The molecule has 21 heavy (non-hydrogen) atoms. The minimum atomic E-state index is -0.723. The fourth-order valence-corrected chi connectivity index (χ4v) is 2.77. The van der Waals surface area contributed by atoms with Crippen LogP contribution < -0.4 is 5.32 Å². The zero-order valence-corrected chi connectivity index (χ0v) is 12.8. The molecule has 1 aromatic heterocycles. The van der Waals surface area contributed by atoms with Crippen molar-refractivity contribution < 1.29 is 14.7 Å². The molecule has 2 rings (SSSR count). The van der Waals surface area contributed by atoms with Gasteiger partial charge in [-0.2, -0.15) is 0 Å². The Morgan fingerprint density at radius 2 is 1.95 bits per heavy atom. The summed E-state index contributed by atoms with van der Waals surface area (Å²) in [5, 5.41) is 12.2. The Hall–Kier alpha value is -1.33. The monoisotopic (exact) mass is 330 g/mol. The van der Waals surface area contributed by atoms with Crippen LogP contribution in [0.1, 0.15) is 36.0 Å². The Labute approximate surface area is 132 Å². The molecule has 0 saturated heterocycles. The number of carboxylic acids is 1. The van der Waals surface area contributed by atoms with Crippen molar-refractivity contribution in [2.75, 3.05) is 6.54 Å². The lowest BCUT2D eigenvalue weighted by Gasteiger charge is -2.26. The van der Waals surface area contributed by atoms with Crippen LogP contribution in [0.25, 0.3) is 0 Å². The van der Waals surface area contributed by atoms with E-state index in [4.69, 9.17) is 28.3 Å². The van der Waals surface area contributed by atoms with Crippen molar-refractivity contribution in [2.45, 2.75) is 25.7 Å². The number of hydrogen-bond acceptors (Lipinski definition) is 3. The molecule has 114 valence electrons. The minimum Gasteiger partial charge on any atom is -0.481 e. The fourth-order valence-electron chi connectivity index (χ4n) is 2.50. The first-order chi connectivity index (χ1) is 9.97. The first-order valence-corrected chi connectivity index (χ1v) is 7.55. The molecule has 0 aliphatic heterocycles. The van der Waals surface area contributed by atoms with Gasteiger partial charge in [0.05, 0.1) is 16.5 Å². The molecule has 1 amide bonds. The van der Waals surface area contributed by atoms with Crippen molar-refractivity contribution in [3.05, 3.63) is 28.0 Å². The Morgan fingerprint density at radius 1 is 1.29 bits per heavy atom. The standard InChI is InChI=1S/C14H16Cl2N2O3/c15-11-5-10(7-17-12(11)16)13(19)18-6-8-1-3-9(4-2-8)14(20)21/h5,7-9H,1-4,6H2,(H,18,19)(H,20,21). The third kappa shape index (κ3) is 4.32. The molecule has 0 spiro atoms. The number of hydrogen-bond donors (Lipinski definition) is 2. The maximum atomic E-state index is 12.0. The molecule has 0 aromatic carbocycles. The lowest BCUT2D eigenvalue weighted by molar-refractivity contribution is -0.143. The zero-order valence-electron chi connectivity index (χ0n) is 11.3. The second-order valence-corrected chi connectivity index (χ2v) is 6.03. The molecule has 0 atom stereocenters. The van der Waals surface area contributed by atoms with Gasteiger partial charge in [0, 0.05) is 12.7 Å².